The zero-order chi connectivity index (χ0) is 18.7. The van der Waals surface area contributed by atoms with Gasteiger partial charge in [-0.3, -0.25) is 9.59 Å². The summed E-state index contributed by atoms with van der Waals surface area (Å²) in [4.78, 5) is 31.9. The molecular formula is C20H24N2O3S. The maximum absolute atomic E-state index is 12.9. The predicted molar refractivity (Wildman–Crippen MR) is 102 cm³/mol. The van der Waals surface area contributed by atoms with Crippen molar-refractivity contribution in [1.29, 1.82) is 0 Å². The molecule has 0 aliphatic carbocycles. The zero-order valence-corrected chi connectivity index (χ0v) is 16.0. The number of hydrogen-bond donors (Lipinski definition) is 1. The average molecular weight is 372 g/mol. The molecular weight excluding hydrogens is 348 g/mol. The van der Waals surface area contributed by atoms with Gasteiger partial charge < -0.3 is 10.0 Å². The van der Waals surface area contributed by atoms with E-state index in [-0.39, 0.29) is 5.91 Å². The summed E-state index contributed by atoms with van der Waals surface area (Å²) in [6, 6.07) is 9.37. The first-order chi connectivity index (χ1) is 12.5. The second-order valence-electron chi connectivity index (χ2n) is 6.82. The fraction of sp³-hybridized carbons (Fsp3) is 0.450. The number of nitrogens with zero attached hydrogens (tertiary/aromatic N) is 2. The number of aliphatic carboxylic acids is 1. The summed E-state index contributed by atoms with van der Waals surface area (Å²) >= 11 is 1.47. The number of carboxylic acid groups (broad SMARTS) is 1. The van der Waals surface area contributed by atoms with Gasteiger partial charge in [0.1, 0.15) is 4.88 Å². The van der Waals surface area contributed by atoms with Gasteiger partial charge in [-0.05, 0) is 38.2 Å². The number of hydrogen-bond acceptors (Lipinski definition) is 4. The minimum atomic E-state index is -0.909. The Balaban J connectivity index is 1.77. The smallest absolute Gasteiger partial charge is 0.314 e. The van der Waals surface area contributed by atoms with Crippen molar-refractivity contribution in [3.05, 3.63) is 51.5 Å². The van der Waals surface area contributed by atoms with Crippen molar-refractivity contribution in [2.24, 2.45) is 0 Å². The Bertz CT molecular complexity index is 793. The molecule has 2 aromatic rings. The molecule has 6 heteroatoms. The molecule has 1 fully saturated rings. The van der Waals surface area contributed by atoms with E-state index in [1.54, 1.807) is 4.90 Å². The summed E-state index contributed by atoms with van der Waals surface area (Å²) in [7, 11) is 0. The van der Waals surface area contributed by atoms with Gasteiger partial charge in [-0.1, -0.05) is 37.3 Å². The van der Waals surface area contributed by atoms with Crippen LogP contribution in [0.3, 0.4) is 0 Å². The largest absolute Gasteiger partial charge is 0.481 e. The van der Waals surface area contributed by atoms with E-state index < -0.39 is 11.4 Å². The van der Waals surface area contributed by atoms with Crippen LogP contribution < -0.4 is 0 Å². The number of rotatable bonds is 5. The Morgan fingerprint density at radius 3 is 2.46 bits per heavy atom. The molecule has 1 amide bonds. The van der Waals surface area contributed by atoms with Gasteiger partial charge in [-0.2, -0.15) is 0 Å². The Morgan fingerprint density at radius 2 is 1.88 bits per heavy atom. The first kappa shape index (κ1) is 18.6. The standard InChI is InChI=1S/C20H24N2O3S/c1-3-7-16-21-14(2)17(26-16)18(23)22-12-10-20(11-13-22,19(24)25)15-8-5-4-6-9-15/h4-6,8-9H,3,7,10-13H2,1-2H3,(H,24,25). The Labute approximate surface area is 157 Å². The lowest BCUT2D eigenvalue weighted by atomic mass is 9.73. The highest BCUT2D eigenvalue weighted by Gasteiger charge is 2.44. The van der Waals surface area contributed by atoms with E-state index in [0.29, 0.717) is 30.8 Å². The van der Waals surface area contributed by atoms with E-state index in [2.05, 4.69) is 11.9 Å². The third-order valence-corrected chi connectivity index (χ3v) is 6.34. The van der Waals surface area contributed by atoms with Crippen molar-refractivity contribution in [2.45, 2.75) is 44.9 Å². The molecule has 2 heterocycles. The normalized spacial score (nSPS) is 16.5. The van der Waals surface area contributed by atoms with E-state index in [1.807, 2.05) is 37.3 Å². The number of amides is 1. The average Bonchev–Trinajstić information content (AvgIpc) is 3.02. The molecule has 26 heavy (non-hydrogen) atoms. The fourth-order valence-corrected chi connectivity index (χ4v) is 4.72. The topological polar surface area (TPSA) is 70.5 Å². The number of carboxylic acids is 1. The Kier molecular flexibility index (Phi) is 5.41. The lowest BCUT2D eigenvalue weighted by molar-refractivity contribution is -0.145. The van der Waals surface area contributed by atoms with Crippen LogP contribution in [0.25, 0.3) is 0 Å². The number of aromatic nitrogens is 1. The molecule has 1 aromatic carbocycles. The minimum Gasteiger partial charge on any atom is -0.481 e. The number of carbonyl (C=O) groups excluding carboxylic acids is 1. The van der Waals surface area contributed by atoms with Crippen molar-refractivity contribution < 1.29 is 14.7 Å². The lowest BCUT2D eigenvalue weighted by Gasteiger charge is -2.39. The molecule has 0 atom stereocenters. The highest BCUT2D eigenvalue weighted by Crippen LogP contribution is 2.36. The summed E-state index contributed by atoms with van der Waals surface area (Å²) in [6.45, 7) is 4.86. The molecule has 3 rings (SSSR count). The number of benzene rings is 1. The maximum Gasteiger partial charge on any atom is 0.314 e. The number of likely N-dealkylation sites (tertiary alicyclic amines) is 1. The quantitative estimate of drug-likeness (QED) is 0.869. The fourth-order valence-electron chi connectivity index (χ4n) is 3.59. The molecule has 0 saturated carbocycles. The van der Waals surface area contributed by atoms with Gasteiger partial charge >= 0.3 is 5.97 Å². The van der Waals surface area contributed by atoms with Crippen molar-refractivity contribution >= 4 is 23.2 Å². The van der Waals surface area contributed by atoms with Crippen LogP contribution in [0.15, 0.2) is 30.3 Å². The summed E-state index contributed by atoms with van der Waals surface area (Å²) in [6.07, 6.45) is 2.74. The summed E-state index contributed by atoms with van der Waals surface area (Å²) in [5.41, 5.74) is 0.689. The first-order valence-corrected chi connectivity index (χ1v) is 9.84. The van der Waals surface area contributed by atoms with Crippen LogP contribution in [0.1, 0.15) is 52.1 Å². The van der Waals surface area contributed by atoms with Crippen LogP contribution in [0.5, 0.6) is 0 Å². The minimum absolute atomic E-state index is 0.0191. The van der Waals surface area contributed by atoms with Crippen LogP contribution in [-0.2, 0) is 16.6 Å². The van der Waals surface area contributed by atoms with Crippen molar-refractivity contribution in [3.63, 3.8) is 0 Å². The number of thiazole rings is 1. The third-order valence-electron chi connectivity index (χ3n) is 5.14. The molecule has 1 saturated heterocycles. The highest BCUT2D eigenvalue weighted by atomic mass is 32.1. The summed E-state index contributed by atoms with van der Waals surface area (Å²) < 4.78 is 0. The molecule has 1 aliphatic heterocycles. The van der Waals surface area contributed by atoms with Crippen molar-refractivity contribution in [2.75, 3.05) is 13.1 Å². The van der Waals surface area contributed by atoms with E-state index >= 15 is 0 Å². The summed E-state index contributed by atoms with van der Waals surface area (Å²) in [5, 5.41) is 10.9. The molecule has 1 N–H and O–H groups in total. The highest BCUT2D eigenvalue weighted by molar-refractivity contribution is 7.13. The monoisotopic (exact) mass is 372 g/mol. The molecule has 0 unspecified atom stereocenters. The van der Waals surface area contributed by atoms with Crippen molar-refractivity contribution in [3.8, 4) is 0 Å². The summed E-state index contributed by atoms with van der Waals surface area (Å²) in [5.74, 6) is -0.829. The van der Waals surface area contributed by atoms with Gasteiger partial charge in [-0.25, -0.2) is 4.98 Å². The third kappa shape index (κ3) is 3.38. The van der Waals surface area contributed by atoms with Crippen LogP contribution in [-0.4, -0.2) is 40.0 Å². The molecule has 0 bridgehead atoms. The number of aryl methyl sites for hydroxylation is 2. The Hall–Kier alpha value is -2.21. The van der Waals surface area contributed by atoms with Gasteiger partial charge in [0.05, 0.1) is 16.1 Å². The van der Waals surface area contributed by atoms with Crippen LogP contribution in [0, 0.1) is 6.92 Å². The second-order valence-corrected chi connectivity index (χ2v) is 7.90. The van der Waals surface area contributed by atoms with Gasteiger partial charge in [0.25, 0.3) is 5.91 Å². The lowest BCUT2D eigenvalue weighted by Crippen LogP contribution is -2.49. The molecule has 5 nitrogen and oxygen atoms in total. The van der Waals surface area contributed by atoms with Crippen LogP contribution >= 0.6 is 11.3 Å². The molecule has 1 aromatic heterocycles. The second kappa shape index (κ2) is 7.58. The van der Waals surface area contributed by atoms with Gasteiger partial charge in [-0.15, -0.1) is 11.3 Å². The Morgan fingerprint density at radius 1 is 1.23 bits per heavy atom. The molecule has 1 aliphatic rings. The van der Waals surface area contributed by atoms with Crippen LogP contribution in [0.2, 0.25) is 0 Å². The maximum atomic E-state index is 12.9. The van der Waals surface area contributed by atoms with Gasteiger partial charge in [0, 0.05) is 13.1 Å². The van der Waals surface area contributed by atoms with Gasteiger partial charge in [0.2, 0.25) is 0 Å². The van der Waals surface area contributed by atoms with E-state index in [9.17, 15) is 14.7 Å². The van der Waals surface area contributed by atoms with Crippen LogP contribution in [0.4, 0.5) is 0 Å². The van der Waals surface area contributed by atoms with Crippen molar-refractivity contribution in [1.82, 2.24) is 9.88 Å². The van der Waals surface area contributed by atoms with Gasteiger partial charge in [0.15, 0.2) is 0 Å². The first-order valence-electron chi connectivity index (χ1n) is 9.02. The number of carbonyl (C=O) groups is 2. The zero-order valence-electron chi connectivity index (χ0n) is 15.2. The molecule has 0 radical (unpaired) electrons. The molecule has 138 valence electrons. The SMILES string of the molecule is CCCc1nc(C)c(C(=O)N2CCC(C(=O)O)(c3ccccc3)CC2)s1. The van der Waals surface area contributed by atoms with E-state index in [4.69, 9.17) is 0 Å². The number of piperidine rings is 1. The predicted octanol–water partition coefficient (Wildman–Crippen LogP) is 3.66. The molecule has 0 spiro atoms. The van der Waals surface area contributed by atoms with E-state index in [0.717, 1.165) is 29.1 Å². The van der Waals surface area contributed by atoms with E-state index in [1.165, 1.54) is 11.3 Å².